The Bertz CT molecular complexity index is 1390. The van der Waals surface area contributed by atoms with Gasteiger partial charge in [0, 0.05) is 12.6 Å². The molecule has 9 heteroatoms. The zero-order valence-corrected chi connectivity index (χ0v) is 17.4. The molecule has 0 radical (unpaired) electrons. The van der Waals surface area contributed by atoms with E-state index >= 15 is 0 Å². The van der Waals surface area contributed by atoms with Crippen molar-refractivity contribution in [1.82, 2.24) is 24.5 Å². The van der Waals surface area contributed by atoms with Crippen LogP contribution in [0.2, 0.25) is 0 Å². The number of rotatable bonds is 5. The molecule has 31 heavy (non-hydrogen) atoms. The van der Waals surface area contributed by atoms with Gasteiger partial charge in [-0.05, 0) is 49.2 Å². The maximum absolute atomic E-state index is 12.5. The van der Waals surface area contributed by atoms with Crippen LogP contribution < -0.4 is 10.9 Å². The summed E-state index contributed by atoms with van der Waals surface area (Å²) in [5.74, 6) is -0.245. The van der Waals surface area contributed by atoms with E-state index in [1.165, 1.54) is 4.57 Å². The Morgan fingerprint density at radius 3 is 2.61 bits per heavy atom. The molecule has 1 N–H and O–H groups in total. The lowest BCUT2D eigenvalue weighted by atomic mass is 10.1. The number of hydrogen-bond donors (Lipinski definition) is 1. The number of benzene rings is 2. The van der Waals surface area contributed by atoms with Crippen LogP contribution in [0.1, 0.15) is 27.3 Å². The Morgan fingerprint density at radius 1 is 1.06 bits per heavy atom. The van der Waals surface area contributed by atoms with Crippen LogP contribution in [0, 0.1) is 13.8 Å². The summed E-state index contributed by atoms with van der Waals surface area (Å²) in [6, 6.07) is 12.4. The number of nitrogens with zero attached hydrogens (tertiary/aromatic N) is 4. The average molecular weight is 419 g/mol. The molecule has 0 aliphatic rings. The van der Waals surface area contributed by atoms with Gasteiger partial charge in [0.1, 0.15) is 6.54 Å². The Hall–Kier alpha value is -4.01. The van der Waals surface area contributed by atoms with Crippen molar-refractivity contribution in [2.75, 3.05) is 6.54 Å². The predicted octanol–water partition coefficient (Wildman–Crippen LogP) is 1.67. The molecule has 9 nitrogen and oxygen atoms in total. The summed E-state index contributed by atoms with van der Waals surface area (Å²) in [5.41, 5.74) is 3.00. The fourth-order valence-corrected chi connectivity index (χ4v) is 3.32. The maximum Gasteiger partial charge on any atom is 0.325 e. The third-order valence-electron chi connectivity index (χ3n) is 5.22. The first kappa shape index (κ1) is 20.3. The fraction of sp³-hybridized carbons (Fsp3) is 0.227. The Morgan fingerprint density at radius 2 is 1.84 bits per heavy atom. The van der Waals surface area contributed by atoms with Gasteiger partial charge < -0.3 is 10.1 Å². The van der Waals surface area contributed by atoms with Gasteiger partial charge in [0.2, 0.25) is 5.78 Å². The van der Waals surface area contributed by atoms with Gasteiger partial charge in [-0.2, -0.15) is 0 Å². The second kappa shape index (κ2) is 8.02. The highest BCUT2D eigenvalue weighted by Gasteiger charge is 2.16. The van der Waals surface area contributed by atoms with Gasteiger partial charge in [0.25, 0.3) is 11.5 Å². The molecule has 1 amide bonds. The molecule has 4 rings (SSSR count). The van der Waals surface area contributed by atoms with Crippen LogP contribution in [0.3, 0.4) is 0 Å². The summed E-state index contributed by atoms with van der Waals surface area (Å²) < 4.78 is 8.35. The van der Waals surface area contributed by atoms with Gasteiger partial charge >= 0.3 is 5.97 Å². The second-order valence-electron chi connectivity index (χ2n) is 7.28. The number of esters is 1. The SMILES string of the molecule is Cc1ccc(C(=O)NCC(=O)OCc2nnc3n(C)c(=O)c4ccccc4n23)cc1C. The molecule has 0 saturated heterocycles. The number of nitrogens with one attached hydrogen (secondary N) is 1. The highest BCUT2D eigenvalue weighted by Crippen LogP contribution is 2.14. The Balaban J connectivity index is 1.47. The highest BCUT2D eigenvalue weighted by atomic mass is 16.5. The number of aromatic nitrogens is 4. The van der Waals surface area contributed by atoms with Crippen LogP contribution in [0.4, 0.5) is 0 Å². The molecule has 0 atom stereocenters. The zero-order valence-electron chi connectivity index (χ0n) is 17.4. The molecule has 4 aromatic rings. The van der Waals surface area contributed by atoms with Gasteiger partial charge in [-0.3, -0.25) is 23.4 Å². The normalized spacial score (nSPS) is 11.1. The number of para-hydroxylation sites is 1. The number of amides is 1. The van der Waals surface area contributed by atoms with Crippen molar-refractivity contribution in [3.8, 4) is 0 Å². The molecule has 2 aromatic heterocycles. The lowest BCUT2D eigenvalue weighted by Crippen LogP contribution is -2.30. The minimum absolute atomic E-state index is 0.151. The molecule has 0 fully saturated rings. The van der Waals surface area contributed by atoms with Gasteiger partial charge in [-0.25, -0.2) is 0 Å². The van der Waals surface area contributed by atoms with Crippen LogP contribution in [0.15, 0.2) is 47.3 Å². The van der Waals surface area contributed by atoms with Gasteiger partial charge in [-0.15, -0.1) is 10.2 Å². The quantitative estimate of drug-likeness (QED) is 0.493. The van der Waals surface area contributed by atoms with E-state index < -0.39 is 5.97 Å². The van der Waals surface area contributed by atoms with Crippen LogP contribution in [-0.4, -0.2) is 37.6 Å². The largest absolute Gasteiger partial charge is 0.456 e. The maximum atomic E-state index is 12.5. The number of hydrogen-bond acceptors (Lipinski definition) is 6. The van der Waals surface area contributed by atoms with Crippen molar-refractivity contribution in [1.29, 1.82) is 0 Å². The van der Waals surface area contributed by atoms with Crippen molar-refractivity contribution >= 4 is 28.6 Å². The molecule has 2 heterocycles. The number of carbonyl (C=O) groups is 2. The van der Waals surface area contributed by atoms with E-state index in [9.17, 15) is 14.4 Å². The van der Waals surface area contributed by atoms with Crippen molar-refractivity contribution in [2.24, 2.45) is 7.05 Å². The molecule has 158 valence electrons. The van der Waals surface area contributed by atoms with Crippen LogP contribution in [-0.2, 0) is 23.2 Å². The van der Waals surface area contributed by atoms with E-state index in [2.05, 4.69) is 15.5 Å². The monoisotopic (exact) mass is 419 g/mol. The molecule has 0 aliphatic carbocycles. The lowest BCUT2D eigenvalue weighted by molar-refractivity contribution is -0.143. The van der Waals surface area contributed by atoms with Gasteiger partial charge in [-0.1, -0.05) is 18.2 Å². The van der Waals surface area contributed by atoms with Crippen LogP contribution in [0.25, 0.3) is 16.7 Å². The summed E-state index contributed by atoms with van der Waals surface area (Å²) in [7, 11) is 1.61. The van der Waals surface area contributed by atoms with E-state index in [4.69, 9.17) is 4.74 Å². The first-order valence-electron chi connectivity index (χ1n) is 9.69. The topological polar surface area (TPSA) is 108 Å². The van der Waals surface area contributed by atoms with E-state index in [1.54, 1.807) is 47.8 Å². The third kappa shape index (κ3) is 3.77. The van der Waals surface area contributed by atoms with E-state index in [0.717, 1.165) is 11.1 Å². The first-order chi connectivity index (χ1) is 14.9. The smallest absolute Gasteiger partial charge is 0.325 e. The highest BCUT2D eigenvalue weighted by molar-refractivity contribution is 5.96. The minimum Gasteiger partial charge on any atom is -0.456 e. The third-order valence-corrected chi connectivity index (χ3v) is 5.22. The molecule has 0 saturated carbocycles. The molecule has 0 unspecified atom stereocenters. The van der Waals surface area contributed by atoms with Gasteiger partial charge in [0.05, 0.1) is 10.9 Å². The molecule has 2 aromatic carbocycles. The number of fused-ring (bicyclic) bond motifs is 3. The Kier molecular flexibility index (Phi) is 5.24. The Labute approximate surface area is 177 Å². The van der Waals surface area contributed by atoms with E-state index in [0.29, 0.717) is 28.1 Å². The van der Waals surface area contributed by atoms with Crippen molar-refractivity contribution in [3.63, 3.8) is 0 Å². The van der Waals surface area contributed by atoms with Crippen molar-refractivity contribution in [2.45, 2.75) is 20.5 Å². The molecule has 0 aliphatic heterocycles. The summed E-state index contributed by atoms with van der Waals surface area (Å²) in [5, 5.41) is 11.2. The number of aryl methyl sites for hydroxylation is 3. The average Bonchev–Trinajstić information content (AvgIpc) is 3.20. The minimum atomic E-state index is -0.608. The fourth-order valence-electron chi connectivity index (χ4n) is 3.32. The first-order valence-corrected chi connectivity index (χ1v) is 9.69. The summed E-state index contributed by atoms with van der Waals surface area (Å²) in [4.78, 5) is 36.9. The number of ether oxygens (including phenoxy) is 1. The molecule has 0 bridgehead atoms. The van der Waals surface area contributed by atoms with Crippen LogP contribution in [0.5, 0.6) is 0 Å². The second-order valence-corrected chi connectivity index (χ2v) is 7.28. The summed E-state index contributed by atoms with van der Waals surface area (Å²) in [6.07, 6.45) is 0. The van der Waals surface area contributed by atoms with Crippen molar-refractivity contribution in [3.05, 3.63) is 75.3 Å². The predicted molar refractivity (Wildman–Crippen MR) is 114 cm³/mol. The zero-order chi connectivity index (χ0) is 22.1. The lowest BCUT2D eigenvalue weighted by Gasteiger charge is -2.09. The number of carbonyl (C=O) groups excluding carboxylic acids is 2. The standard InChI is InChI=1S/C22H21N5O4/c1-13-8-9-15(10-14(13)2)20(29)23-11-19(28)31-12-18-24-25-22-26(3)21(30)16-6-4-5-7-17(16)27(18)22/h4-10H,11-12H2,1-3H3,(H,23,29). The summed E-state index contributed by atoms with van der Waals surface area (Å²) in [6.45, 7) is 3.45. The van der Waals surface area contributed by atoms with Crippen molar-refractivity contribution < 1.29 is 14.3 Å². The molecular formula is C22H21N5O4. The van der Waals surface area contributed by atoms with E-state index in [-0.39, 0.29) is 24.6 Å². The van der Waals surface area contributed by atoms with Gasteiger partial charge in [0.15, 0.2) is 12.4 Å². The van der Waals surface area contributed by atoms with E-state index in [1.807, 2.05) is 19.9 Å². The summed E-state index contributed by atoms with van der Waals surface area (Å²) >= 11 is 0. The molecule has 0 spiro atoms. The molecular weight excluding hydrogens is 398 g/mol. The van der Waals surface area contributed by atoms with Crippen LogP contribution >= 0.6 is 0 Å².